The van der Waals surface area contributed by atoms with E-state index in [9.17, 15) is 9.59 Å². The minimum absolute atomic E-state index is 0.158. The first-order chi connectivity index (χ1) is 17.1. The van der Waals surface area contributed by atoms with Crippen molar-refractivity contribution < 1.29 is 14.3 Å². The van der Waals surface area contributed by atoms with Crippen molar-refractivity contribution in [3.8, 4) is 28.6 Å². The summed E-state index contributed by atoms with van der Waals surface area (Å²) in [5.74, 6) is 2.05. The number of aromatic nitrogens is 5. The van der Waals surface area contributed by atoms with Gasteiger partial charge in [0.2, 0.25) is 5.91 Å². The minimum Gasteiger partial charge on any atom is -0.490 e. The van der Waals surface area contributed by atoms with E-state index in [4.69, 9.17) is 9.47 Å². The number of hydrogen-bond donors (Lipinski definition) is 1. The molecule has 0 saturated carbocycles. The summed E-state index contributed by atoms with van der Waals surface area (Å²) in [6.07, 6.45) is 4.03. The SMILES string of the molecule is CC(=O)Nc1ccc(-n2ccc3c(cnc4nc(-c5ccc6c(c5)OCCCO6)nn43)c2=O)cc1. The Labute approximate surface area is 198 Å². The van der Waals surface area contributed by atoms with Gasteiger partial charge in [-0.25, -0.2) is 4.98 Å². The lowest BCUT2D eigenvalue weighted by Gasteiger charge is -2.09. The van der Waals surface area contributed by atoms with E-state index in [1.165, 1.54) is 17.7 Å². The van der Waals surface area contributed by atoms with Crippen LogP contribution >= 0.6 is 0 Å². The molecule has 0 unspecified atom stereocenters. The fourth-order valence-electron chi connectivity index (χ4n) is 4.06. The molecule has 6 rings (SSSR count). The van der Waals surface area contributed by atoms with E-state index in [1.807, 2.05) is 18.2 Å². The molecular weight excluding hydrogens is 448 g/mol. The first kappa shape index (κ1) is 20.8. The molecule has 0 fully saturated rings. The zero-order valence-corrected chi connectivity index (χ0v) is 18.8. The number of nitrogens with zero attached hydrogens (tertiary/aromatic N) is 5. The highest BCUT2D eigenvalue weighted by atomic mass is 16.5. The number of fused-ring (bicyclic) bond motifs is 4. The fourth-order valence-corrected chi connectivity index (χ4v) is 4.06. The Bertz CT molecular complexity index is 1660. The molecule has 2 aromatic carbocycles. The Morgan fingerprint density at radius 3 is 2.63 bits per heavy atom. The number of nitrogens with one attached hydrogen (secondary N) is 1. The average molecular weight is 468 g/mol. The molecular formula is C25H20N6O4. The zero-order chi connectivity index (χ0) is 23.9. The van der Waals surface area contributed by atoms with Gasteiger partial charge in [0.05, 0.1) is 24.1 Å². The number of carbonyl (C=O) groups excluding carboxylic acids is 1. The lowest BCUT2D eigenvalue weighted by atomic mass is 10.2. The van der Waals surface area contributed by atoms with Gasteiger partial charge in [0.15, 0.2) is 17.3 Å². The van der Waals surface area contributed by atoms with Crippen LogP contribution in [0.25, 0.3) is 33.8 Å². The normalized spacial score (nSPS) is 13.1. The largest absolute Gasteiger partial charge is 0.490 e. The standard InChI is InChI=1S/C25H20N6O4/c1-15(32)27-17-4-6-18(7-5-17)30-10-9-20-19(24(30)33)14-26-25-28-23(29-31(20)25)16-3-8-21-22(13-16)35-12-2-11-34-21/h3-10,13-14H,2,11-12H2,1H3,(H,27,32). The molecule has 0 radical (unpaired) electrons. The van der Waals surface area contributed by atoms with Crippen molar-refractivity contribution in [2.24, 2.45) is 0 Å². The maximum absolute atomic E-state index is 13.3. The average Bonchev–Trinajstić information content (AvgIpc) is 3.16. The van der Waals surface area contributed by atoms with Crippen LogP contribution in [-0.4, -0.2) is 43.3 Å². The quantitative estimate of drug-likeness (QED) is 0.433. The number of benzene rings is 2. The van der Waals surface area contributed by atoms with E-state index >= 15 is 0 Å². The summed E-state index contributed by atoms with van der Waals surface area (Å²) < 4.78 is 14.6. The second-order valence-electron chi connectivity index (χ2n) is 8.14. The van der Waals surface area contributed by atoms with Crippen molar-refractivity contribution in [1.29, 1.82) is 0 Å². The molecule has 0 saturated heterocycles. The zero-order valence-electron chi connectivity index (χ0n) is 18.8. The second kappa shape index (κ2) is 8.24. The Morgan fingerprint density at radius 2 is 1.83 bits per heavy atom. The minimum atomic E-state index is -0.239. The van der Waals surface area contributed by atoms with E-state index in [0.29, 0.717) is 58.6 Å². The molecule has 1 N–H and O–H groups in total. The van der Waals surface area contributed by atoms with Crippen LogP contribution in [-0.2, 0) is 4.79 Å². The topological polar surface area (TPSA) is 113 Å². The third kappa shape index (κ3) is 3.74. The maximum atomic E-state index is 13.3. The number of pyridine rings is 1. The molecule has 5 aromatic rings. The van der Waals surface area contributed by atoms with Gasteiger partial charge in [-0.05, 0) is 48.5 Å². The van der Waals surface area contributed by atoms with Gasteiger partial charge in [-0.15, -0.1) is 5.10 Å². The predicted molar refractivity (Wildman–Crippen MR) is 129 cm³/mol. The number of hydrogen-bond acceptors (Lipinski definition) is 7. The molecule has 0 aliphatic carbocycles. The van der Waals surface area contributed by atoms with Crippen LogP contribution in [0.1, 0.15) is 13.3 Å². The molecule has 1 aliphatic heterocycles. The lowest BCUT2D eigenvalue weighted by molar-refractivity contribution is -0.114. The van der Waals surface area contributed by atoms with Crippen molar-refractivity contribution >= 4 is 28.3 Å². The summed E-state index contributed by atoms with van der Waals surface area (Å²) in [4.78, 5) is 33.4. The third-order valence-corrected chi connectivity index (χ3v) is 5.71. The van der Waals surface area contributed by atoms with E-state index in [2.05, 4.69) is 20.4 Å². The number of carbonyl (C=O) groups is 1. The summed E-state index contributed by atoms with van der Waals surface area (Å²) in [6, 6.07) is 14.4. The summed E-state index contributed by atoms with van der Waals surface area (Å²) in [7, 11) is 0. The molecule has 10 nitrogen and oxygen atoms in total. The molecule has 1 amide bonds. The molecule has 35 heavy (non-hydrogen) atoms. The number of amides is 1. The Kier molecular flexibility index (Phi) is 4.91. The van der Waals surface area contributed by atoms with Crippen LogP contribution in [0, 0.1) is 0 Å². The van der Waals surface area contributed by atoms with Crippen LogP contribution in [0.3, 0.4) is 0 Å². The lowest BCUT2D eigenvalue weighted by Crippen LogP contribution is -2.19. The summed E-state index contributed by atoms with van der Waals surface area (Å²) in [5.41, 5.74) is 2.44. The molecule has 0 bridgehead atoms. The Hall–Kier alpha value is -4.73. The fraction of sp³-hybridized carbons (Fsp3) is 0.160. The van der Waals surface area contributed by atoms with Gasteiger partial charge in [0.25, 0.3) is 11.3 Å². The van der Waals surface area contributed by atoms with Gasteiger partial charge in [0.1, 0.15) is 0 Å². The van der Waals surface area contributed by atoms with E-state index < -0.39 is 0 Å². The highest BCUT2D eigenvalue weighted by Crippen LogP contribution is 2.33. The van der Waals surface area contributed by atoms with Crippen LogP contribution in [0.4, 0.5) is 5.69 Å². The number of rotatable bonds is 3. The molecule has 0 spiro atoms. The molecule has 1 aliphatic rings. The van der Waals surface area contributed by atoms with E-state index in [0.717, 1.165) is 12.0 Å². The van der Waals surface area contributed by atoms with Crippen molar-refractivity contribution in [3.05, 3.63) is 71.3 Å². The van der Waals surface area contributed by atoms with Gasteiger partial charge in [-0.1, -0.05) is 0 Å². The van der Waals surface area contributed by atoms with Gasteiger partial charge in [0, 0.05) is 42.7 Å². The smallest absolute Gasteiger partial charge is 0.266 e. The van der Waals surface area contributed by atoms with Crippen LogP contribution in [0.5, 0.6) is 11.5 Å². The first-order valence-electron chi connectivity index (χ1n) is 11.1. The van der Waals surface area contributed by atoms with Crippen LogP contribution < -0.4 is 20.3 Å². The third-order valence-electron chi connectivity index (χ3n) is 5.71. The van der Waals surface area contributed by atoms with Gasteiger partial charge < -0.3 is 14.8 Å². The van der Waals surface area contributed by atoms with Crippen molar-refractivity contribution in [2.75, 3.05) is 18.5 Å². The van der Waals surface area contributed by atoms with Crippen LogP contribution in [0.2, 0.25) is 0 Å². The number of ether oxygens (including phenoxy) is 2. The summed E-state index contributed by atoms with van der Waals surface area (Å²) in [5, 5.41) is 7.74. The predicted octanol–water partition coefficient (Wildman–Crippen LogP) is 3.22. The van der Waals surface area contributed by atoms with Gasteiger partial charge in [-0.2, -0.15) is 9.50 Å². The molecule has 0 atom stereocenters. The molecule has 3 aromatic heterocycles. The summed E-state index contributed by atoms with van der Waals surface area (Å²) in [6.45, 7) is 2.65. The van der Waals surface area contributed by atoms with E-state index in [-0.39, 0.29) is 11.5 Å². The van der Waals surface area contributed by atoms with Gasteiger partial charge in [-0.3, -0.25) is 14.2 Å². The Balaban J connectivity index is 1.40. The van der Waals surface area contributed by atoms with Gasteiger partial charge >= 0.3 is 0 Å². The van der Waals surface area contributed by atoms with Crippen molar-refractivity contribution in [1.82, 2.24) is 24.1 Å². The highest BCUT2D eigenvalue weighted by molar-refractivity contribution is 5.88. The number of anilines is 1. The molecule has 4 heterocycles. The van der Waals surface area contributed by atoms with Crippen molar-refractivity contribution in [2.45, 2.75) is 13.3 Å². The first-order valence-corrected chi connectivity index (χ1v) is 11.1. The second-order valence-corrected chi connectivity index (χ2v) is 8.14. The molecule has 10 heteroatoms. The van der Waals surface area contributed by atoms with E-state index in [1.54, 1.807) is 41.0 Å². The molecule has 174 valence electrons. The van der Waals surface area contributed by atoms with Crippen LogP contribution in [0.15, 0.2) is 65.7 Å². The highest BCUT2D eigenvalue weighted by Gasteiger charge is 2.16. The Morgan fingerprint density at radius 1 is 1.03 bits per heavy atom. The summed E-state index contributed by atoms with van der Waals surface area (Å²) >= 11 is 0. The van der Waals surface area contributed by atoms with Crippen molar-refractivity contribution in [3.63, 3.8) is 0 Å². The monoisotopic (exact) mass is 468 g/mol. The maximum Gasteiger partial charge on any atom is 0.266 e.